The summed E-state index contributed by atoms with van der Waals surface area (Å²) in [6, 6.07) is 12.4. The summed E-state index contributed by atoms with van der Waals surface area (Å²) < 4.78 is 16.4. The van der Waals surface area contributed by atoms with Gasteiger partial charge in [-0.05, 0) is 36.6 Å². The fraction of sp³-hybridized carbons (Fsp3) is 0.217. The molecule has 0 saturated heterocycles. The summed E-state index contributed by atoms with van der Waals surface area (Å²) in [5, 5.41) is 17.4. The molecule has 0 amide bonds. The van der Waals surface area contributed by atoms with Crippen LogP contribution >= 0.6 is 11.8 Å². The highest BCUT2D eigenvalue weighted by atomic mass is 32.2. The van der Waals surface area contributed by atoms with Crippen molar-refractivity contribution in [2.45, 2.75) is 36.2 Å². The molecule has 3 aromatic rings. The molecule has 1 atom stereocenters. The van der Waals surface area contributed by atoms with Crippen LogP contribution in [-0.4, -0.2) is 31.6 Å². The van der Waals surface area contributed by atoms with Crippen molar-refractivity contribution >= 4 is 29.5 Å². The van der Waals surface area contributed by atoms with Crippen molar-refractivity contribution in [3.05, 3.63) is 82.3 Å². The molecule has 162 valence electrons. The lowest BCUT2D eigenvalue weighted by Gasteiger charge is -2.32. The van der Waals surface area contributed by atoms with Crippen LogP contribution in [0.25, 0.3) is 0 Å². The van der Waals surface area contributed by atoms with Crippen molar-refractivity contribution in [1.82, 2.24) is 14.8 Å². The molecule has 1 aromatic heterocycles. The van der Waals surface area contributed by atoms with E-state index >= 15 is 0 Å². The van der Waals surface area contributed by atoms with Crippen LogP contribution in [0.2, 0.25) is 0 Å². The minimum Gasteiger partial charge on any atom is -0.478 e. The molecule has 32 heavy (non-hydrogen) atoms. The second-order valence-electron chi connectivity index (χ2n) is 7.67. The highest BCUT2D eigenvalue weighted by Gasteiger charge is 2.37. The molecule has 0 fully saturated rings. The third kappa shape index (κ3) is 3.69. The predicted octanol–water partition coefficient (Wildman–Crippen LogP) is 4.43. The number of carbonyl (C=O) groups excluding carboxylic acids is 1. The molecule has 0 bridgehead atoms. The monoisotopic (exact) mass is 450 g/mol. The molecule has 2 aromatic carbocycles. The standard InChI is InChI=1S/C23H19FN4O3S/c24-16-5-2-1-4-15(16)20-19-17(6-3-7-18(19)29)25-22-26-23(27-28(20)22)32-12-13-8-10-14(11-9-13)21(30)31/h1-2,4-5,8-11,20H,3,6-7,12H2,(H,30,31)(H,25,26,27). The number of allylic oxidation sites excluding steroid dienone is 2. The van der Waals surface area contributed by atoms with E-state index in [-0.39, 0.29) is 11.3 Å². The number of carboxylic acid groups (broad SMARTS) is 1. The second kappa shape index (κ2) is 8.23. The summed E-state index contributed by atoms with van der Waals surface area (Å²) in [5.74, 6) is -0.334. The number of nitrogens with one attached hydrogen (secondary N) is 1. The first-order valence-corrected chi connectivity index (χ1v) is 11.2. The zero-order valence-corrected chi connectivity index (χ0v) is 17.7. The van der Waals surface area contributed by atoms with Gasteiger partial charge in [-0.2, -0.15) is 4.98 Å². The van der Waals surface area contributed by atoms with Crippen molar-refractivity contribution < 1.29 is 19.1 Å². The number of aromatic carboxylic acids is 1. The van der Waals surface area contributed by atoms with Gasteiger partial charge in [0, 0.05) is 29.0 Å². The first kappa shape index (κ1) is 20.4. The van der Waals surface area contributed by atoms with Gasteiger partial charge in [0.1, 0.15) is 11.9 Å². The number of thioether (sulfide) groups is 1. The van der Waals surface area contributed by atoms with Gasteiger partial charge in [-0.1, -0.05) is 42.1 Å². The number of hydrogen-bond acceptors (Lipinski definition) is 6. The fourth-order valence-corrected chi connectivity index (χ4v) is 4.86. The number of carboxylic acids is 1. The number of Topliss-reactive ketones (excluding diaryl/α,β-unsaturated/α-hetero) is 1. The Balaban J connectivity index is 1.46. The summed E-state index contributed by atoms with van der Waals surface area (Å²) in [6.07, 6.45) is 1.89. The zero-order valence-electron chi connectivity index (χ0n) is 16.9. The molecule has 9 heteroatoms. The number of benzene rings is 2. The zero-order chi connectivity index (χ0) is 22.2. The fourth-order valence-electron chi connectivity index (χ4n) is 4.07. The number of nitrogens with zero attached hydrogens (tertiary/aromatic N) is 3. The van der Waals surface area contributed by atoms with Crippen LogP contribution in [0, 0.1) is 5.82 Å². The number of rotatable bonds is 5. The number of hydrogen-bond donors (Lipinski definition) is 2. The quantitative estimate of drug-likeness (QED) is 0.555. The van der Waals surface area contributed by atoms with E-state index in [9.17, 15) is 14.0 Å². The lowest BCUT2D eigenvalue weighted by atomic mass is 9.85. The van der Waals surface area contributed by atoms with E-state index in [1.165, 1.54) is 17.8 Å². The maximum absolute atomic E-state index is 14.8. The number of halogens is 1. The van der Waals surface area contributed by atoms with Crippen molar-refractivity contribution in [1.29, 1.82) is 0 Å². The minimum absolute atomic E-state index is 0.000811. The van der Waals surface area contributed by atoms with E-state index in [1.807, 2.05) is 0 Å². The molecule has 5 rings (SSSR count). The number of aromatic nitrogens is 3. The molecular formula is C23H19FN4O3S. The van der Waals surface area contributed by atoms with Gasteiger partial charge >= 0.3 is 5.97 Å². The average molecular weight is 450 g/mol. The third-order valence-corrected chi connectivity index (χ3v) is 6.53. The van der Waals surface area contributed by atoms with E-state index < -0.39 is 17.8 Å². The smallest absolute Gasteiger partial charge is 0.335 e. The minimum atomic E-state index is -0.969. The Morgan fingerprint density at radius 1 is 1.19 bits per heavy atom. The predicted molar refractivity (Wildman–Crippen MR) is 117 cm³/mol. The molecule has 2 heterocycles. The van der Waals surface area contributed by atoms with Crippen LogP contribution in [0.3, 0.4) is 0 Å². The molecule has 7 nitrogen and oxygen atoms in total. The van der Waals surface area contributed by atoms with Crippen LogP contribution < -0.4 is 5.32 Å². The summed E-state index contributed by atoms with van der Waals surface area (Å²) >= 11 is 1.39. The summed E-state index contributed by atoms with van der Waals surface area (Å²) in [4.78, 5) is 28.4. The van der Waals surface area contributed by atoms with Gasteiger partial charge in [-0.3, -0.25) is 4.79 Å². The van der Waals surface area contributed by atoms with E-state index in [1.54, 1.807) is 47.1 Å². The maximum atomic E-state index is 14.8. The third-order valence-electron chi connectivity index (χ3n) is 5.62. The van der Waals surface area contributed by atoms with Gasteiger partial charge in [0.25, 0.3) is 0 Å². The molecule has 1 aliphatic carbocycles. The summed E-state index contributed by atoms with van der Waals surface area (Å²) in [7, 11) is 0. The molecular weight excluding hydrogens is 431 g/mol. The SMILES string of the molecule is O=C1CCCC2=C1C(c1ccccc1F)n1nc(SCc3ccc(C(=O)O)cc3)nc1N2. The van der Waals surface area contributed by atoms with Crippen LogP contribution in [0.1, 0.15) is 46.8 Å². The Hall–Kier alpha value is -3.46. The van der Waals surface area contributed by atoms with Crippen LogP contribution in [-0.2, 0) is 10.5 Å². The van der Waals surface area contributed by atoms with Crippen molar-refractivity contribution in [2.75, 3.05) is 5.32 Å². The lowest BCUT2D eigenvalue weighted by molar-refractivity contribution is -0.116. The molecule has 1 unspecified atom stereocenters. The van der Waals surface area contributed by atoms with E-state index in [2.05, 4.69) is 15.4 Å². The lowest BCUT2D eigenvalue weighted by Crippen LogP contribution is -2.32. The van der Waals surface area contributed by atoms with Gasteiger partial charge in [-0.15, -0.1) is 5.10 Å². The van der Waals surface area contributed by atoms with E-state index in [0.29, 0.717) is 40.8 Å². The van der Waals surface area contributed by atoms with Gasteiger partial charge in [0.05, 0.1) is 5.56 Å². The van der Waals surface area contributed by atoms with Gasteiger partial charge in [-0.25, -0.2) is 13.9 Å². The molecule has 0 spiro atoms. The van der Waals surface area contributed by atoms with E-state index in [0.717, 1.165) is 17.7 Å². The number of ketones is 1. The topological polar surface area (TPSA) is 97.1 Å². The normalized spacial score (nSPS) is 17.5. The first-order valence-electron chi connectivity index (χ1n) is 10.2. The molecule has 2 N–H and O–H groups in total. The molecule has 2 aliphatic rings. The number of fused-ring (bicyclic) bond motifs is 1. The van der Waals surface area contributed by atoms with Crippen LogP contribution in [0.5, 0.6) is 0 Å². The highest BCUT2D eigenvalue weighted by Crippen LogP contribution is 2.41. The Kier molecular flexibility index (Phi) is 5.26. The highest BCUT2D eigenvalue weighted by molar-refractivity contribution is 7.98. The molecule has 1 aliphatic heterocycles. The van der Waals surface area contributed by atoms with Gasteiger partial charge in [0.2, 0.25) is 11.1 Å². The second-order valence-corrected chi connectivity index (χ2v) is 8.61. The Bertz CT molecular complexity index is 1250. The largest absolute Gasteiger partial charge is 0.478 e. The van der Waals surface area contributed by atoms with Crippen LogP contribution in [0.15, 0.2) is 65.0 Å². The van der Waals surface area contributed by atoms with Crippen molar-refractivity contribution in [3.63, 3.8) is 0 Å². The van der Waals surface area contributed by atoms with Gasteiger partial charge < -0.3 is 10.4 Å². The van der Waals surface area contributed by atoms with Gasteiger partial charge in [0.15, 0.2) is 5.78 Å². The Morgan fingerprint density at radius 2 is 1.97 bits per heavy atom. The molecule has 0 radical (unpaired) electrons. The number of anilines is 1. The van der Waals surface area contributed by atoms with E-state index in [4.69, 9.17) is 5.11 Å². The summed E-state index contributed by atoms with van der Waals surface area (Å²) in [5.41, 5.74) is 2.89. The first-order chi connectivity index (χ1) is 15.5. The maximum Gasteiger partial charge on any atom is 0.335 e. The Morgan fingerprint density at radius 3 is 2.72 bits per heavy atom. The number of carbonyl (C=O) groups is 2. The van der Waals surface area contributed by atoms with Crippen molar-refractivity contribution in [3.8, 4) is 0 Å². The van der Waals surface area contributed by atoms with Crippen molar-refractivity contribution in [2.24, 2.45) is 0 Å². The molecule has 0 saturated carbocycles. The average Bonchev–Trinajstić information content (AvgIpc) is 3.20. The Labute approximate surface area is 187 Å². The summed E-state index contributed by atoms with van der Waals surface area (Å²) in [6.45, 7) is 0. The van der Waals surface area contributed by atoms with Crippen LogP contribution in [0.4, 0.5) is 10.3 Å².